The standard InChI is InChI=1S/C7H7NO/c1-6(9)7-2-4-8-5-3-7/h2-5,9H,1H2. The van der Waals surface area contributed by atoms with Crippen molar-refractivity contribution in [3.8, 4) is 0 Å². The normalized spacial score (nSPS) is 8.89. The zero-order valence-electron chi connectivity index (χ0n) is 4.91. The van der Waals surface area contributed by atoms with Gasteiger partial charge >= 0.3 is 0 Å². The molecule has 9 heavy (non-hydrogen) atoms. The summed E-state index contributed by atoms with van der Waals surface area (Å²) >= 11 is 0. The van der Waals surface area contributed by atoms with Crippen molar-refractivity contribution in [3.05, 3.63) is 36.7 Å². The Hall–Kier alpha value is -1.31. The molecule has 0 aliphatic heterocycles. The van der Waals surface area contributed by atoms with E-state index in [1.165, 1.54) is 0 Å². The lowest BCUT2D eigenvalue weighted by Crippen LogP contribution is -1.78. The molecule has 1 heterocycles. The lowest BCUT2D eigenvalue weighted by molar-refractivity contribution is 0.513. The van der Waals surface area contributed by atoms with Crippen molar-refractivity contribution in [2.24, 2.45) is 0 Å². The second-order valence-electron chi connectivity index (χ2n) is 1.68. The number of aromatic nitrogens is 1. The summed E-state index contributed by atoms with van der Waals surface area (Å²) in [4.78, 5) is 3.78. The van der Waals surface area contributed by atoms with Crippen LogP contribution in [0.25, 0.3) is 5.76 Å². The van der Waals surface area contributed by atoms with Gasteiger partial charge in [0, 0.05) is 18.0 Å². The topological polar surface area (TPSA) is 33.1 Å². The van der Waals surface area contributed by atoms with Crippen molar-refractivity contribution in [1.29, 1.82) is 0 Å². The second-order valence-corrected chi connectivity index (χ2v) is 1.68. The molecule has 0 spiro atoms. The van der Waals surface area contributed by atoms with Gasteiger partial charge in [-0.25, -0.2) is 0 Å². The molecular weight excluding hydrogens is 114 g/mol. The molecule has 0 fully saturated rings. The molecule has 0 aromatic carbocycles. The minimum Gasteiger partial charge on any atom is -0.508 e. The first-order valence-corrected chi connectivity index (χ1v) is 2.59. The molecule has 1 aromatic heterocycles. The third-order valence-corrected chi connectivity index (χ3v) is 1.01. The van der Waals surface area contributed by atoms with Crippen LogP contribution in [-0.2, 0) is 0 Å². The first-order valence-electron chi connectivity index (χ1n) is 2.59. The van der Waals surface area contributed by atoms with E-state index < -0.39 is 0 Å². The minimum atomic E-state index is 0.0809. The van der Waals surface area contributed by atoms with Crippen LogP contribution in [0.15, 0.2) is 31.1 Å². The third kappa shape index (κ3) is 1.29. The average molecular weight is 121 g/mol. The van der Waals surface area contributed by atoms with Crippen LogP contribution in [0.5, 0.6) is 0 Å². The van der Waals surface area contributed by atoms with Crippen LogP contribution in [0.2, 0.25) is 0 Å². The fourth-order valence-corrected chi connectivity index (χ4v) is 0.544. The monoisotopic (exact) mass is 121 g/mol. The molecule has 1 N–H and O–H groups in total. The number of rotatable bonds is 1. The summed E-state index contributed by atoms with van der Waals surface area (Å²) in [5.41, 5.74) is 0.713. The lowest BCUT2D eigenvalue weighted by Gasteiger charge is -1.93. The molecule has 2 nitrogen and oxygen atoms in total. The van der Waals surface area contributed by atoms with E-state index in [0.29, 0.717) is 5.56 Å². The summed E-state index contributed by atoms with van der Waals surface area (Å²) in [6.07, 6.45) is 3.22. The molecule has 0 radical (unpaired) electrons. The van der Waals surface area contributed by atoms with Gasteiger partial charge in [-0.3, -0.25) is 4.98 Å². The van der Waals surface area contributed by atoms with Gasteiger partial charge in [-0.1, -0.05) is 6.58 Å². The summed E-state index contributed by atoms with van der Waals surface area (Å²) < 4.78 is 0. The van der Waals surface area contributed by atoms with Gasteiger partial charge in [0.25, 0.3) is 0 Å². The Kier molecular flexibility index (Phi) is 1.49. The third-order valence-electron chi connectivity index (χ3n) is 1.01. The molecule has 0 saturated carbocycles. The Morgan fingerprint density at radius 2 is 2.00 bits per heavy atom. The van der Waals surface area contributed by atoms with E-state index in [-0.39, 0.29) is 5.76 Å². The van der Waals surface area contributed by atoms with Crippen LogP contribution in [0.4, 0.5) is 0 Å². The van der Waals surface area contributed by atoms with Gasteiger partial charge in [-0.15, -0.1) is 0 Å². The number of pyridine rings is 1. The highest BCUT2D eigenvalue weighted by atomic mass is 16.3. The molecule has 0 saturated heterocycles. The van der Waals surface area contributed by atoms with Crippen LogP contribution in [-0.4, -0.2) is 10.1 Å². The van der Waals surface area contributed by atoms with E-state index in [9.17, 15) is 0 Å². The SMILES string of the molecule is C=C(O)c1ccncc1. The minimum absolute atomic E-state index is 0.0809. The van der Waals surface area contributed by atoms with E-state index in [0.717, 1.165) is 0 Å². The Morgan fingerprint density at radius 1 is 1.44 bits per heavy atom. The van der Waals surface area contributed by atoms with E-state index in [2.05, 4.69) is 11.6 Å². The number of hydrogen-bond donors (Lipinski definition) is 1. The van der Waals surface area contributed by atoms with Crippen LogP contribution in [0, 0.1) is 0 Å². The summed E-state index contributed by atoms with van der Waals surface area (Å²) in [5, 5.41) is 8.80. The molecule has 0 aliphatic rings. The van der Waals surface area contributed by atoms with Crippen molar-refractivity contribution in [2.45, 2.75) is 0 Å². The van der Waals surface area contributed by atoms with Crippen molar-refractivity contribution >= 4 is 5.76 Å². The van der Waals surface area contributed by atoms with Gasteiger partial charge < -0.3 is 5.11 Å². The zero-order valence-corrected chi connectivity index (χ0v) is 4.91. The highest BCUT2D eigenvalue weighted by Gasteiger charge is 1.89. The van der Waals surface area contributed by atoms with Crippen LogP contribution in [0.3, 0.4) is 0 Å². The molecule has 0 atom stereocenters. The number of nitrogens with zero attached hydrogens (tertiary/aromatic N) is 1. The summed E-state index contributed by atoms with van der Waals surface area (Å²) in [6, 6.07) is 3.39. The Bertz CT molecular complexity index is 205. The molecule has 46 valence electrons. The molecule has 2 heteroatoms. The van der Waals surface area contributed by atoms with Gasteiger partial charge in [0.15, 0.2) is 0 Å². The summed E-state index contributed by atoms with van der Waals surface area (Å²) in [6.45, 7) is 3.35. The predicted molar refractivity (Wildman–Crippen MR) is 35.9 cm³/mol. The molecule has 0 bridgehead atoms. The predicted octanol–water partition coefficient (Wildman–Crippen LogP) is 1.61. The van der Waals surface area contributed by atoms with Crippen molar-refractivity contribution in [2.75, 3.05) is 0 Å². The molecular formula is C7H7NO. The van der Waals surface area contributed by atoms with Gasteiger partial charge in [0.1, 0.15) is 5.76 Å². The Labute approximate surface area is 53.5 Å². The van der Waals surface area contributed by atoms with Gasteiger partial charge in [-0.05, 0) is 12.1 Å². The fourth-order valence-electron chi connectivity index (χ4n) is 0.544. The molecule has 0 amide bonds. The van der Waals surface area contributed by atoms with E-state index in [1.54, 1.807) is 24.5 Å². The largest absolute Gasteiger partial charge is 0.508 e. The Balaban J connectivity index is 2.98. The van der Waals surface area contributed by atoms with Gasteiger partial charge in [-0.2, -0.15) is 0 Å². The highest BCUT2D eigenvalue weighted by Crippen LogP contribution is 2.04. The van der Waals surface area contributed by atoms with Crippen molar-refractivity contribution in [3.63, 3.8) is 0 Å². The van der Waals surface area contributed by atoms with Gasteiger partial charge in [0.05, 0.1) is 0 Å². The van der Waals surface area contributed by atoms with E-state index in [1.807, 2.05) is 0 Å². The number of hydrogen-bond acceptors (Lipinski definition) is 2. The maximum Gasteiger partial charge on any atom is 0.115 e. The van der Waals surface area contributed by atoms with E-state index >= 15 is 0 Å². The molecule has 0 aliphatic carbocycles. The molecule has 1 rings (SSSR count). The first-order chi connectivity index (χ1) is 4.30. The number of aliphatic hydroxyl groups excluding tert-OH is 1. The maximum atomic E-state index is 8.80. The lowest BCUT2D eigenvalue weighted by atomic mass is 10.2. The average Bonchev–Trinajstić information content (AvgIpc) is 1.90. The Morgan fingerprint density at radius 3 is 2.33 bits per heavy atom. The number of aliphatic hydroxyl groups is 1. The highest BCUT2D eigenvalue weighted by molar-refractivity contribution is 5.54. The van der Waals surface area contributed by atoms with Crippen LogP contribution >= 0.6 is 0 Å². The summed E-state index contributed by atoms with van der Waals surface area (Å²) in [5.74, 6) is 0.0809. The second kappa shape index (κ2) is 2.31. The fraction of sp³-hybridized carbons (Fsp3) is 0. The van der Waals surface area contributed by atoms with Crippen molar-refractivity contribution < 1.29 is 5.11 Å². The molecule has 1 aromatic rings. The smallest absolute Gasteiger partial charge is 0.115 e. The zero-order chi connectivity index (χ0) is 6.69. The van der Waals surface area contributed by atoms with Crippen molar-refractivity contribution in [1.82, 2.24) is 4.98 Å². The first kappa shape index (κ1) is 5.82. The van der Waals surface area contributed by atoms with E-state index in [4.69, 9.17) is 5.11 Å². The maximum absolute atomic E-state index is 8.80. The summed E-state index contributed by atoms with van der Waals surface area (Å²) in [7, 11) is 0. The quantitative estimate of drug-likeness (QED) is 0.572. The van der Waals surface area contributed by atoms with Crippen LogP contribution < -0.4 is 0 Å². The van der Waals surface area contributed by atoms with Crippen LogP contribution in [0.1, 0.15) is 5.56 Å². The molecule has 0 unspecified atom stereocenters. The van der Waals surface area contributed by atoms with Gasteiger partial charge in [0.2, 0.25) is 0 Å².